The second-order valence-corrected chi connectivity index (χ2v) is 6.68. The SMILES string of the molecule is CCNC(=NCc1nccn1Cc1ccccc1)NC(C)c1ccc(F)cc1F.I. The fourth-order valence-electron chi connectivity index (χ4n) is 3.02. The molecule has 0 bridgehead atoms. The minimum absolute atomic E-state index is 0. The lowest BCUT2D eigenvalue weighted by Crippen LogP contribution is -2.39. The molecule has 3 aromatic rings. The third-order valence-electron chi connectivity index (χ3n) is 4.50. The topological polar surface area (TPSA) is 54.2 Å². The van der Waals surface area contributed by atoms with E-state index < -0.39 is 11.6 Å². The third kappa shape index (κ3) is 6.51. The van der Waals surface area contributed by atoms with Crippen molar-refractivity contribution in [2.75, 3.05) is 6.54 Å². The van der Waals surface area contributed by atoms with Crippen LogP contribution in [0.3, 0.4) is 0 Å². The fourth-order valence-corrected chi connectivity index (χ4v) is 3.02. The van der Waals surface area contributed by atoms with E-state index in [-0.39, 0.29) is 30.0 Å². The van der Waals surface area contributed by atoms with Crippen LogP contribution in [0.25, 0.3) is 0 Å². The van der Waals surface area contributed by atoms with Crippen LogP contribution in [-0.4, -0.2) is 22.1 Å². The Kier molecular flexibility index (Phi) is 9.22. The monoisotopic (exact) mass is 525 g/mol. The van der Waals surface area contributed by atoms with Crippen LogP contribution >= 0.6 is 24.0 Å². The van der Waals surface area contributed by atoms with E-state index in [0.29, 0.717) is 31.2 Å². The number of imidazole rings is 1. The summed E-state index contributed by atoms with van der Waals surface area (Å²) >= 11 is 0. The number of hydrogen-bond acceptors (Lipinski definition) is 2. The van der Waals surface area contributed by atoms with Gasteiger partial charge < -0.3 is 15.2 Å². The number of aromatic nitrogens is 2. The Labute approximate surface area is 192 Å². The summed E-state index contributed by atoms with van der Waals surface area (Å²) < 4.78 is 29.3. The molecule has 8 heteroatoms. The van der Waals surface area contributed by atoms with Gasteiger partial charge in [-0.2, -0.15) is 0 Å². The zero-order chi connectivity index (χ0) is 20.6. The highest BCUT2D eigenvalue weighted by Crippen LogP contribution is 2.17. The van der Waals surface area contributed by atoms with E-state index >= 15 is 0 Å². The van der Waals surface area contributed by atoms with Gasteiger partial charge >= 0.3 is 0 Å². The summed E-state index contributed by atoms with van der Waals surface area (Å²) in [5.41, 5.74) is 1.56. The van der Waals surface area contributed by atoms with Gasteiger partial charge in [0.05, 0.1) is 6.04 Å². The number of hydrogen-bond donors (Lipinski definition) is 2. The quantitative estimate of drug-likeness (QED) is 0.269. The zero-order valence-electron chi connectivity index (χ0n) is 17.0. The molecule has 1 unspecified atom stereocenters. The van der Waals surface area contributed by atoms with Gasteiger partial charge in [0, 0.05) is 37.1 Å². The van der Waals surface area contributed by atoms with E-state index in [1.54, 1.807) is 13.1 Å². The molecule has 5 nitrogen and oxygen atoms in total. The van der Waals surface area contributed by atoms with E-state index in [0.717, 1.165) is 11.9 Å². The summed E-state index contributed by atoms with van der Waals surface area (Å²) in [6.07, 6.45) is 3.68. The first-order valence-electron chi connectivity index (χ1n) is 9.60. The van der Waals surface area contributed by atoms with E-state index in [1.165, 1.54) is 17.7 Å². The maximum atomic E-state index is 14.1. The highest BCUT2D eigenvalue weighted by Gasteiger charge is 2.13. The summed E-state index contributed by atoms with van der Waals surface area (Å²) in [6.45, 7) is 5.50. The molecule has 1 aromatic heterocycles. The van der Waals surface area contributed by atoms with Gasteiger partial charge in [-0.15, -0.1) is 24.0 Å². The van der Waals surface area contributed by atoms with Crippen LogP contribution in [0.1, 0.15) is 36.8 Å². The van der Waals surface area contributed by atoms with Crippen molar-refractivity contribution < 1.29 is 8.78 Å². The first-order chi connectivity index (χ1) is 14.1. The van der Waals surface area contributed by atoms with Crippen LogP contribution in [0.5, 0.6) is 0 Å². The highest BCUT2D eigenvalue weighted by atomic mass is 127. The summed E-state index contributed by atoms with van der Waals surface area (Å²) in [6, 6.07) is 13.3. The fraction of sp³-hybridized carbons (Fsp3) is 0.273. The molecule has 2 N–H and O–H groups in total. The molecular formula is C22H26F2IN5. The largest absolute Gasteiger partial charge is 0.357 e. The molecule has 0 aliphatic heterocycles. The average molecular weight is 525 g/mol. The first-order valence-corrected chi connectivity index (χ1v) is 9.60. The molecule has 0 saturated carbocycles. The zero-order valence-corrected chi connectivity index (χ0v) is 19.3. The number of halogens is 3. The molecule has 1 atom stereocenters. The second-order valence-electron chi connectivity index (χ2n) is 6.68. The van der Waals surface area contributed by atoms with Crippen molar-refractivity contribution in [3.63, 3.8) is 0 Å². The van der Waals surface area contributed by atoms with Gasteiger partial charge in [-0.25, -0.2) is 18.8 Å². The molecule has 1 heterocycles. The number of guanidine groups is 1. The van der Waals surface area contributed by atoms with Gasteiger partial charge in [0.15, 0.2) is 5.96 Å². The molecule has 3 rings (SSSR count). The molecule has 0 aliphatic rings. The second kappa shape index (κ2) is 11.6. The lowest BCUT2D eigenvalue weighted by molar-refractivity contribution is 0.550. The Bertz CT molecular complexity index is 959. The molecule has 2 aromatic carbocycles. The molecule has 0 fully saturated rings. The smallest absolute Gasteiger partial charge is 0.192 e. The molecule has 0 spiro atoms. The lowest BCUT2D eigenvalue weighted by atomic mass is 10.1. The molecule has 0 saturated heterocycles. The van der Waals surface area contributed by atoms with Crippen molar-refractivity contribution in [2.45, 2.75) is 33.0 Å². The maximum absolute atomic E-state index is 14.1. The number of aliphatic imine (C=N–C) groups is 1. The van der Waals surface area contributed by atoms with E-state index in [9.17, 15) is 8.78 Å². The molecule has 160 valence electrons. The summed E-state index contributed by atoms with van der Waals surface area (Å²) in [5, 5.41) is 6.32. The summed E-state index contributed by atoms with van der Waals surface area (Å²) in [4.78, 5) is 8.99. The van der Waals surface area contributed by atoms with Crippen LogP contribution < -0.4 is 10.6 Å². The summed E-state index contributed by atoms with van der Waals surface area (Å²) in [5.74, 6) is 0.188. The number of rotatable bonds is 7. The third-order valence-corrected chi connectivity index (χ3v) is 4.50. The number of nitrogens with one attached hydrogen (secondary N) is 2. The highest BCUT2D eigenvalue weighted by molar-refractivity contribution is 14.0. The number of benzene rings is 2. The summed E-state index contributed by atoms with van der Waals surface area (Å²) in [7, 11) is 0. The Hall–Kier alpha value is -2.49. The Balaban J connectivity index is 0.00000320. The minimum atomic E-state index is -0.593. The standard InChI is InChI=1S/C22H25F2N5.HI/c1-3-25-22(28-16(2)19-10-9-18(23)13-20(19)24)27-14-21-26-11-12-29(21)15-17-7-5-4-6-8-17;/h4-13,16H,3,14-15H2,1-2H3,(H2,25,27,28);1H. The molecule has 30 heavy (non-hydrogen) atoms. The number of nitrogens with zero attached hydrogens (tertiary/aromatic N) is 3. The molecule has 0 radical (unpaired) electrons. The Morgan fingerprint density at radius 1 is 1.17 bits per heavy atom. The van der Waals surface area contributed by atoms with Gasteiger partial charge in [0.25, 0.3) is 0 Å². The Morgan fingerprint density at radius 2 is 1.93 bits per heavy atom. The maximum Gasteiger partial charge on any atom is 0.192 e. The Morgan fingerprint density at radius 3 is 2.63 bits per heavy atom. The van der Waals surface area contributed by atoms with Crippen LogP contribution in [0.2, 0.25) is 0 Å². The van der Waals surface area contributed by atoms with Gasteiger partial charge in [-0.1, -0.05) is 36.4 Å². The van der Waals surface area contributed by atoms with Crippen LogP contribution in [0.15, 0.2) is 65.9 Å². The van der Waals surface area contributed by atoms with E-state index in [4.69, 9.17) is 0 Å². The van der Waals surface area contributed by atoms with Crippen molar-refractivity contribution in [2.24, 2.45) is 4.99 Å². The van der Waals surface area contributed by atoms with Crippen molar-refractivity contribution in [1.82, 2.24) is 20.2 Å². The first kappa shape index (κ1) is 23.8. The lowest BCUT2D eigenvalue weighted by Gasteiger charge is -2.19. The van der Waals surface area contributed by atoms with E-state index in [2.05, 4.69) is 32.7 Å². The van der Waals surface area contributed by atoms with Crippen molar-refractivity contribution >= 4 is 29.9 Å². The molecular weight excluding hydrogens is 499 g/mol. The van der Waals surface area contributed by atoms with Crippen molar-refractivity contribution in [1.29, 1.82) is 0 Å². The van der Waals surface area contributed by atoms with Gasteiger partial charge in [-0.3, -0.25) is 0 Å². The van der Waals surface area contributed by atoms with Crippen LogP contribution in [0, 0.1) is 11.6 Å². The van der Waals surface area contributed by atoms with Crippen LogP contribution in [-0.2, 0) is 13.1 Å². The van der Waals surface area contributed by atoms with Crippen molar-refractivity contribution in [3.8, 4) is 0 Å². The average Bonchev–Trinajstić information content (AvgIpc) is 3.14. The van der Waals surface area contributed by atoms with Gasteiger partial charge in [-0.05, 0) is 25.5 Å². The van der Waals surface area contributed by atoms with Gasteiger partial charge in [0.1, 0.15) is 24.0 Å². The predicted molar refractivity (Wildman–Crippen MR) is 126 cm³/mol. The van der Waals surface area contributed by atoms with E-state index in [1.807, 2.05) is 35.9 Å². The minimum Gasteiger partial charge on any atom is -0.357 e. The predicted octanol–water partition coefficient (Wildman–Crippen LogP) is 4.64. The van der Waals surface area contributed by atoms with Crippen LogP contribution in [0.4, 0.5) is 8.78 Å². The van der Waals surface area contributed by atoms with Crippen molar-refractivity contribution in [3.05, 3.63) is 89.5 Å². The van der Waals surface area contributed by atoms with Gasteiger partial charge in [0.2, 0.25) is 0 Å². The normalized spacial score (nSPS) is 12.2. The molecule has 0 aliphatic carbocycles. The molecule has 0 amide bonds.